The molecule has 7 N–H and O–H groups in total. The number of ether oxygens (including phenoxy) is 2. The molecule has 1 heterocycles. The number of rotatable bonds is 54. The summed E-state index contributed by atoms with van der Waals surface area (Å²) < 4.78 is 11.2. The summed E-state index contributed by atoms with van der Waals surface area (Å²) in [6.07, 6.45) is 50.5. The second kappa shape index (κ2) is 50.3. The Balaban J connectivity index is 2.10. The van der Waals surface area contributed by atoms with Crippen molar-refractivity contribution in [2.24, 2.45) is 0 Å². The Kier molecular flexibility index (Phi) is 48.3. The van der Waals surface area contributed by atoms with Gasteiger partial charge in [-0.05, 0) is 12.8 Å². The van der Waals surface area contributed by atoms with Gasteiger partial charge < -0.3 is 45.4 Å². The van der Waals surface area contributed by atoms with Crippen molar-refractivity contribution in [2.45, 2.75) is 365 Å². The zero-order chi connectivity index (χ0) is 51.0. The highest BCUT2D eigenvalue weighted by Crippen LogP contribution is 2.24. The second-order valence-corrected chi connectivity index (χ2v) is 22.0. The summed E-state index contributed by atoms with van der Waals surface area (Å²) in [4.78, 5) is 13.1. The number of aliphatic hydroxyl groups is 6. The van der Waals surface area contributed by atoms with Gasteiger partial charge in [0.1, 0.15) is 30.5 Å². The molecule has 1 aliphatic heterocycles. The first-order valence-electron chi connectivity index (χ1n) is 30.8. The van der Waals surface area contributed by atoms with Crippen LogP contribution in [0.3, 0.4) is 0 Å². The van der Waals surface area contributed by atoms with Crippen LogP contribution < -0.4 is 5.32 Å². The lowest BCUT2D eigenvalue weighted by molar-refractivity contribution is -0.302. The molecule has 70 heavy (non-hydrogen) atoms. The molecule has 10 heteroatoms. The number of nitrogens with one attached hydrogen (secondary N) is 1. The number of hydrogen-bond donors (Lipinski definition) is 7. The highest BCUT2D eigenvalue weighted by atomic mass is 16.7. The van der Waals surface area contributed by atoms with Crippen molar-refractivity contribution in [3.05, 3.63) is 0 Å². The summed E-state index contributed by atoms with van der Waals surface area (Å²) in [7, 11) is 0. The second-order valence-electron chi connectivity index (χ2n) is 22.0. The maximum Gasteiger partial charge on any atom is 0.249 e. The lowest BCUT2D eigenvalue weighted by Crippen LogP contribution is -2.60. The Hall–Kier alpha value is -0.850. The Labute approximate surface area is 432 Å². The molecule has 1 amide bonds. The minimum absolute atomic E-state index is 0.250. The highest BCUT2D eigenvalue weighted by Gasteiger charge is 2.44. The molecule has 0 bridgehead atoms. The molecule has 8 unspecified atom stereocenters. The molecule has 0 spiro atoms. The maximum atomic E-state index is 13.1. The first-order chi connectivity index (χ1) is 34.3. The van der Waals surface area contributed by atoms with Crippen LogP contribution >= 0.6 is 0 Å². The van der Waals surface area contributed by atoms with Crippen LogP contribution in [-0.4, -0.2) is 98.7 Å². The van der Waals surface area contributed by atoms with Gasteiger partial charge in [-0.25, -0.2) is 0 Å². The standard InChI is InChI=1S/C60H119NO9/c1-3-5-7-9-11-13-15-17-18-19-20-21-22-23-24-25-26-27-28-29-30-31-32-33-34-35-37-39-41-43-45-47-49-54(64)59(68)61-52(51-69-60-58(67)57(66)56(65)55(50-62)70-60)53(63)48-46-44-42-40-38-36-16-14-12-10-8-6-4-2/h52-58,60,62-67H,3-51H2,1-2H3,(H,61,68). The van der Waals surface area contributed by atoms with Crippen LogP contribution in [0.15, 0.2) is 0 Å². The summed E-state index contributed by atoms with van der Waals surface area (Å²) in [6, 6.07) is -0.889. The van der Waals surface area contributed by atoms with Crippen molar-refractivity contribution in [3.63, 3.8) is 0 Å². The molecule has 0 saturated carbocycles. The summed E-state index contributed by atoms with van der Waals surface area (Å²) in [5.74, 6) is -0.576. The quantitative estimate of drug-likeness (QED) is 0.0293. The topological polar surface area (TPSA) is 169 Å². The van der Waals surface area contributed by atoms with E-state index in [4.69, 9.17) is 9.47 Å². The van der Waals surface area contributed by atoms with Crippen molar-refractivity contribution >= 4 is 5.91 Å². The molecule has 0 aromatic heterocycles. The van der Waals surface area contributed by atoms with Crippen molar-refractivity contribution in [3.8, 4) is 0 Å². The van der Waals surface area contributed by atoms with E-state index in [1.807, 2.05) is 0 Å². The van der Waals surface area contributed by atoms with Crippen molar-refractivity contribution < 1.29 is 44.9 Å². The van der Waals surface area contributed by atoms with E-state index in [9.17, 15) is 35.4 Å². The van der Waals surface area contributed by atoms with Gasteiger partial charge >= 0.3 is 0 Å². The maximum absolute atomic E-state index is 13.1. The van der Waals surface area contributed by atoms with Gasteiger partial charge in [0, 0.05) is 0 Å². The van der Waals surface area contributed by atoms with E-state index in [1.54, 1.807) is 0 Å². The molecule has 0 radical (unpaired) electrons. The van der Waals surface area contributed by atoms with E-state index in [-0.39, 0.29) is 6.61 Å². The molecule has 0 aromatic carbocycles. The van der Waals surface area contributed by atoms with Crippen LogP contribution in [0, 0.1) is 0 Å². The van der Waals surface area contributed by atoms with E-state index in [1.165, 1.54) is 244 Å². The molecule has 8 atom stereocenters. The van der Waals surface area contributed by atoms with Crippen molar-refractivity contribution in [2.75, 3.05) is 13.2 Å². The van der Waals surface area contributed by atoms with Crippen molar-refractivity contribution in [1.82, 2.24) is 5.32 Å². The average Bonchev–Trinajstić information content (AvgIpc) is 3.36. The Bertz CT molecular complexity index is 1080. The third kappa shape index (κ3) is 38.7. The van der Waals surface area contributed by atoms with Gasteiger partial charge in [-0.15, -0.1) is 0 Å². The molecule has 1 aliphatic rings. The first kappa shape index (κ1) is 67.2. The normalized spacial score (nSPS) is 19.7. The van der Waals surface area contributed by atoms with E-state index in [0.717, 1.165) is 44.9 Å². The van der Waals surface area contributed by atoms with E-state index in [0.29, 0.717) is 12.8 Å². The fourth-order valence-corrected chi connectivity index (χ4v) is 10.3. The van der Waals surface area contributed by atoms with Crippen LogP contribution in [0.5, 0.6) is 0 Å². The predicted molar refractivity (Wildman–Crippen MR) is 292 cm³/mol. The van der Waals surface area contributed by atoms with Gasteiger partial charge in [-0.1, -0.05) is 303 Å². The summed E-state index contributed by atoms with van der Waals surface area (Å²) >= 11 is 0. The van der Waals surface area contributed by atoms with Gasteiger partial charge in [0.2, 0.25) is 5.91 Å². The number of amides is 1. The first-order valence-corrected chi connectivity index (χ1v) is 30.8. The molecule has 1 saturated heterocycles. The number of carbonyl (C=O) groups excluding carboxylic acids is 1. The van der Waals surface area contributed by atoms with Gasteiger partial charge in [0.15, 0.2) is 6.29 Å². The Morgan fingerprint density at radius 2 is 0.714 bits per heavy atom. The third-order valence-corrected chi connectivity index (χ3v) is 15.3. The van der Waals surface area contributed by atoms with Gasteiger partial charge in [0.05, 0.1) is 25.4 Å². The lowest BCUT2D eigenvalue weighted by Gasteiger charge is -2.40. The molecule has 1 fully saturated rings. The van der Waals surface area contributed by atoms with E-state index < -0.39 is 61.5 Å². The fourth-order valence-electron chi connectivity index (χ4n) is 10.3. The number of aliphatic hydroxyl groups excluding tert-OH is 6. The van der Waals surface area contributed by atoms with Gasteiger partial charge in [-0.2, -0.15) is 0 Å². The van der Waals surface area contributed by atoms with Crippen LogP contribution in [0.4, 0.5) is 0 Å². The minimum atomic E-state index is -1.59. The van der Waals surface area contributed by atoms with Gasteiger partial charge in [-0.3, -0.25) is 4.79 Å². The predicted octanol–water partition coefficient (Wildman–Crippen LogP) is 14.4. The number of unbranched alkanes of at least 4 members (excludes halogenated alkanes) is 43. The summed E-state index contributed by atoms with van der Waals surface area (Å²) in [6.45, 7) is 3.71. The van der Waals surface area contributed by atoms with Gasteiger partial charge in [0.25, 0.3) is 0 Å². The van der Waals surface area contributed by atoms with Crippen LogP contribution in [0.2, 0.25) is 0 Å². The zero-order valence-electron chi connectivity index (χ0n) is 46.2. The highest BCUT2D eigenvalue weighted by molar-refractivity contribution is 5.80. The molecular formula is C60H119NO9. The molecular weight excluding hydrogens is 879 g/mol. The molecule has 0 aliphatic carbocycles. The fraction of sp³-hybridized carbons (Fsp3) is 0.983. The smallest absolute Gasteiger partial charge is 0.249 e. The summed E-state index contributed by atoms with van der Waals surface area (Å²) in [5, 5.41) is 65.2. The Morgan fingerprint density at radius 1 is 0.429 bits per heavy atom. The van der Waals surface area contributed by atoms with Crippen molar-refractivity contribution in [1.29, 1.82) is 0 Å². The van der Waals surface area contributed by atoms with Crippen LogP contribution in [0.1, 0.15) is 316 Å². The summed E-state index contributed by atoms with van der Waals surface area (Å²) in [5.41, 5.74) is 0. The van der Waals surface area contributed by atoms with E-state index >= 15 is 0 Å². The zero-order valence-corrected chi connectivity index (χ0v) is 46.2. The van der Waals surface area contributed by atoms with E-state index in [2.05, 4.69) is 19.2 Å². The Morgan fingerprint density at radius 3 is 1.01 bits per heavy atom. The number of carbonyl (C=O) groups is 1. The third-order valence-electron chi connectivity index (χ3n) is 15.3. The molecule has 10 nitrogen and oxygen atoms in total. The molecule has 1 rings (SSSR count). The largest absolute Gasteiger partial charge is 0.394 e. The number of hydrogen-bond acceptors (Lipinski definition) is 9. The SMILES string of the molecule is CCCCCCCCCCCCCCCCCCCCCCCCCCCCCCCCCCC(O)C(=O)NC(COC1OC(CO)C(O)C(O)C1O)C(O)CCCCCCCCCCCCCCC. The molecule has 0 aromatic rings. The monoisotopic (exact) mass is 998 g/mol. The minimum Gasteiger partial charge on any atom is -0.394 e. The molecule has 418 valence electrons. The van der Waals surface area contributed by atoms with Crippen LogP contribution in [-0.2, 0) is 14.3 Å². The average molecular weight is 999 g/mol. The van der Waals surface area contributed by atoms with Crippen LogP contribution in [0.25, 0.3) is 0 Å². The lowest BCUT2D eigenvalue weighted by atomic mass is 9.99.